The summed E-state index contributed by atoms with van der Waals surface area (Å²) < 4.78 is 42.5. The number of likely N-dealkylation sites (tertiary alicyclic amines) is 1. The monoisotopic (exact) mass is 485 g/mol. The van der Waals surface area contributed by atoms with E-state index in [2.05, 4.69) is 4.90 Å². The third kappa shape index (κ3) is 6.77. The highest BCUT2D eigenvalue weighted by atomic mass is 19.2. The third-order valence-electron chi connectivity index (χ3n) is 6.17. The number of ether oxygens (including phenoxy) is 3. The average molecular weight is 486 g/mol. The van der Waals surface area contributed by atoms with Crippen molar-refractivity contribution in [2.24, 2.45) is 0 Å². The zero-order valence-corrected chi connectivity index (χ0v) is 19.7. The van der Waals surface area contributed by atoms with Gasteiger partial charge in [0.25, 0.3) is 0 Å². The number of aliphatic hydroxyl groups is 1. The van der Waals surface area contributed by atoms with Crippen molar-refractivity contribution in [3.63, 3.8) is 0 Å². The van der Waals surface area contributed by atoms with E-state index in [1.54, 1.807) is 11.8 Å². The van der Waals surface area contributed by atoms with Crippen molar-refractivity contribution in [3.8, 4) is 5.75 Å². The van der Waals surface area contributed by atoms with Gasteiger partial charge in [0, 0.05) is 51.9 Å². The first-order valence-electron chi connectivity index (χ1n) is 11.5. The van der Waals surface area contributed by atoms with Gasteiger partial charge in [-0.3, -0.25) is 9.69 Å². The second-order valence-corrected chi connectivity index (χ2v) is 8.72. The van der Waals surface area contributed by atoms with Crippen LogP contribution >= 0.6 is 0 Å². The van der Waals surface area contributed by atoms with E-state index in [4.69, 9.17) is 14.2 Å². The van der Waals surface area contributed by atoms with Gasteiger partial charge >= 0.3 is 6.09 Å². The molecule has 1 N–H and O–H groups in total. The molecule has 34 heavy (non-hydrogen) atoms. The van der Waals surface area contributed by atoms with E-state index in [0.29, 0.717) is 45.6 Å². The zero-order chi connectivity index (χ0) is 24.7. The van der Waals surface area contributed by atoms with Crippen molar-refractivity contribution >= 4 is 12.0 Å². The van der Waals surface area contributed by atoms with E-state index < -0.39 is 17.2 Å². The Labute approximate surface area is 198 Å². The molecule has 0 unspecified atom stereocenters. The lowest BCUT2D eigenvalue weighted by atomic mass is 9.99. The molecule has 1 atom stereocenters. The number of hydrogen-bond acceptors (Lipinski definition) is 7. The first-order chi connectivity index (χ1) is 16.2. The zero-order valence-electron chi connectivity index (χ0n) is 19.7. The van der Waals surface area contributed by atoms with E-state index in [9.17, 15) is 23.5 Å². The quantitative estimate of drug-likeness (QED) is 0.626. The molecule has 0 bridgehead atoms. The maximum absolute atomic E-state index is 13.6. The lowest BCUT2D eigenvalue weighted by Gasteiger charge is -2.40. The van der Waals surface area contributed by atoms with Crippen LogP contribution < -0.4 is 4.74 Å². The summed E-state index contributed by atoms with van der Waals surface area (Å²) in [6.45, 7) is 4.00. The van der Waals surface area contributed by atoms with Gasteiger partial charge in [-0.1, -0.05) is 0 Å². The smallest absolute Gasteiger partial charge is 0.409 e. The fourth-order valence-corrected chi connectivity index (χ4v) is 4.43. The van der Waals surface area contributed by atoms with Crippen molar-refractivity contribution in [2.45, 2.75) is 31.4 Å². The molecular formula is C23H33F2N3O6. The number of amides is 2. The van der Waals surface area contributed by atoms with Crippen LogP contribution in [0.4, 0.5) is 13.6 Å². The lowest BCUT2D eigenvalue weighted by Crippen LogP contribution is -2.55. The molecule has 2 heterocycles. The maximum atomic E-state index is 13.6. The molecule has 2 saturated heterocycles. The molecular weight excluding hydrogens is 452 g/mol. The van der Waals surface area contributed by atoms with Crippen LogP contribution in [0.1, 0.15) is 19.8 Å². The van der Waals surface area contributed by atoms with E-state index in [0.717, 1.165) is 12.1 Å². The van der Waals surface area contributed by atoms with E-state index >= 15 is 0 Å². The van der Waals surface area contributed by atoms with Crippen LogP contribution in [0, 0.1) is 11.6 Å². The highest BCUT2D eigenvalue weighted by Gasteiger charge is 2.40. The predicted octanol–water partition coefficient (Wildman–Crippen LogP) is 1.49. The van der Waals surface area contributed by atoms with E-state index in [1.807, 2.05) is 0 Å². The van der Waals surface area contributed by atoms with Crippen molar-refractivity contribution in [1.82, 2.24) is 14.7 Å². The third-order valence-corrected chi connectivity index (χ3v) is 6.17. The number of rotatable bonds is 7. The van der Waals surface area contributed by atoms with E-state index in [1.165, 1.54) is 18.1 Å². The Bertz CT molecular complexity index is 852. The number of benzene rings is 1. The molecule has 1 aromatic carbocycles. The van der Waals surface area contributed by atoms with Crippen LogP contribution in [-0.4, -0.2) is 110 Å². The van der Waals surface area contributed by atoms with Gasteiger partial charge in [0.15, 0.2) is 11.6 Å². The summed E-state index contributed by atoms with van der Waals surface area (Å²) in [5.74, 6) is -2.21. The van der Waals surface area contributed by atoms with Crippen molar-refractivity contribution in [2.75, 3.05) is 66.2 Å². The Hall–Kier alpha value is -2.50. The maximum Gasteiger partial charge on any atom is 0.409 e. The molecule has 2 aliphatic rings. The minimum atomic E-state index is -1.46. The van der Waals surface area contributed by atoms with Crippen LogP contribution in [0.3, 0.4) is 0 Å². The number of nitrogens with zero attached hydrogens (tertiary/aromatic N) is 3. The number of piperidine rings is 1. The number of halogens is 2. The highest BCUT2D eigenvalue weighted by Crippen LogP contribution is 2.24. The van der Waals surface area contributed by atoms with Gasteiger partial charge in [-0.25, -0.2) is 13.6 Å². The number of hydrogen-bond donors (Lipinski definition) is 1. The standard InChI is InChI=1S/C23H33F2N3O6/c1-3-33-22(30)26-8-6-17(7-9-26)27-10-11-28(21(29)13-32-2)15-23(31,14-27)16-34-18-4-5-19(24)20(25)12-18/h4-5,12,17,31H,3,6-11,13-16H2,1-2H3/t23-/m1/s1. The summed E-state index contributed by atoms with van der Waals surface area (Å²) >= 11 is 0. The van der Waals surface area contributed by atoms with Gasteiger partial charge in [0.2, 0.25) is 5.91 Å². The van der Waals surface area contributed by atoms with Gasteiger partial charge in [-0.05, 0) is 31.9 Å². The first kappa shape index (κ1) is 26.1. The predicted molar refractivity (Wildman–Crippen MR) is 118 cm³/mol. The molecule has 1 aromatic rings. The minimum Gasteiger partial charge on any atom is -0.490 e. The highest BCUT2D eigenvalue weighted by molar-refractivity contribution is 5.77. The molecule has 2 aliphatic heterocycles. The second-order valence-electron chi connectivity index (χ2n) is 8.72. The van der Waals surface area contributed by atoms with Crippen molar-refractivity contribution in [3.05, 3.63) is 29.8 Å². The fourth-order valence-electron chi connectivity index (χ4n) is 4.43. The largest absolute Gasteiger partial charge is 0.490 e. The molecule has 0 saturated carbocycles. The Kier molecular flexibility index (Phi) is 9.03. The average Bonchev–Trinajstić information content (AvgIpc) is 3.00. The Morgan fingerprint density at radius 2 is 1.82 bits per heavy atom. The minimum absolute atomic E-state index is 0.0110. The molecule has 190 valence electrons. The summed E-state index contributed by atoms with van der Waals surface area (Å²) in [7, 11) is 1.43. The molecule has 0 aromatic heterocycles. The fraction of sp³-hybridized carbons (Fsp3) is 0.652. The molecule has 0 spiro atoms. The van der Waals surface area contributed by atoms with E-state index in [-0.39, 0.29) is 50.1 Å². The topological polar surface area (TPSA) is 91.8 Å². The number of carbonyl (C=O) groups is 2. The van der Waals surface area contributed by atoms with Crippen molar-refractivity contribution in [1.29, 1.82) is 0 Å². The molecule has 2 fully saturated rings. The SMILES string of the molecule is CCOC(=O)N1CCC(N2CCN(C(=O)COC)C[C@@](O)(COc3ccc(F)c(F)c3)C2)CC1. The summed E-state index contributed by atoms with van der Waals surface area (Å²) in [5, 5.41) is 11.5. The summed E-state index contributed by atoms with van der Waals surface area (Å²) in [6, 6.07) is 3.26. The Balaban J connectivity index is 1.70. The molecule has 0 radical (unpaired) electrons. The molecule has 9 nitrogen and oxygen atoms in total. The number of β-amino-alcohol motifs (C(OH)–C–C–N with tert-alkyl or cyclic N) is 1. The van der Waals surface area contributed by atoms with Gasteiger partial charge in [0.05, 0.1) is 13.2 Å². The van der Waals surface area contributed by atoms with Gasteiger partial charge in [0.1, 0.15) is 24.6 Å². The number of methoxy groups -OCH3 is 1. The van der Waals surface area contributed by atoms with Crippen LogP contribution in [0.2, 0.25) is 0 Å². The molecule has 0 aliphatic carbocycles. The molecule has 11 heteroatoms. The van der Waals surface area contributed by atoms with Crippen LogP contribution in [0.25, 0.3) is 0 Å². The first-order valence-corrected chi connectivity index (χ1v) is 11.5. The summed E-state index contributed by atoms with van der Waals surface area (Å²) in [5.41, 5.74) is -1.46. The van der Waals surface area contributed by atoms with Crippen molar-refractivity contribution < 1.29 is 37.7 Å². The molecule has 3 rings (SSSR count). The van der Waals surface area contributed by atoms with Gasteiger partial charge < -0.3 is 29.1 Å². The van der Waals surface area contributed by atoms with Gasteiger partial charge in [-0.15, -0.1) is 0 Å². The second kappa shape index (κ2) is 11.8. The normalized spacial score (nSPS) is 22.4. The van der Waals surface area contributed by atoms with Crippen LogP contribution in [0.15, 0.2) is 18.2 Å². The van der Waals surface area contributed by atoms with Crippen LogP contribution in [0.5, 0.6) is 5.75 Å². The van der Waals surface area contributed by atoms with Gasteiger partial charge in [-0.2, -0.15) is 0 Å². The summed E-state index contributed by atoms with van der Waals surface area (Å²) in [4.78, 5) is 29.9. The lowest BCUT2D eigenvalue weighted by molar-refractivity contribution is -0.138. The number of carbonyl (C=O) groups excluding carboxylic acids is 2. The Morgan fingerprint density at radius 3 is 2.47 bits per heavy atom. The van der Waals surface area contributed by atoms with Crippen LogP contribution in [-0.2, 0) is 14.3 Å². The Morgan fingerprint density at radius 1 is 1.09 bits per heavy atom. The summed E-state index contributed by atoms with van der Waals surface area (Å²) in [6.07, 6.45) is 1.07. The molecule has 2 amide bonds.